The zero-order valence-corrected chi connectivity index (χ0v) is 13.4. The number of aryl methyl sites for hydroxylation is 1. The van der Waals surface area contributed by atoms with Crippen LogP contribution in [0.15, 0.2) is 0 Å². The highest BCUT2D eigenvalue weighted by molar-refractivity contribution is 5.93. The third-order valence-electron chi connectivity index (χ3n) is 5.00. The van der Waals surface area contributed by atoms with Crippen LogP contribution in [0.4, 0.5) is 0 Å². The summed E-state index contributed by atoms with van der Waals surface area (Å²) >= 11 is 0. The predicted molar refractivity (Wildman–Crippen MR) is 82.3 cm³/mol. The summed E-state index contributed by atoms with van der Waals surface area (Å²) in [6.07, 6.45) is 5.67. The largest absolute Gasteiger partial charge is 0.347 e. The highest BCUT2D eigenvalue weighted by Gasteiger charge is 2.40. The molecule has 0 aliphatic heterocycles. The first kappa shape index (κ1) is 16.2. The standard InChI is InChI=1S/C14H23N5O.ClH/c1-8-12(17-18-19(8)2)14(20)16-13-9-4-3-5-10(13)7-11(15)6-9;/h9-11,13H,3-7,15H2,1-2H3,(H,16,20);1H. The summed E-state index contributed by atoms with van der Waals surface area (Å²) < 4.78 is 1.63. The van der Waals surface area contributed by atoms with E-state index in [2.05, 4.69) is 15.6 Å². The van der Waals surface area contributed by atoms with E-state index in [0.717, 1.165) is 18.5 Å². The molecule has 118 valence electrons. The highest BCUT2D eigenvalue weighted by Crippen LogP contribution is 2.39. The van der Waals surface area contributed by atoms with Gasteiger partial charge in [-0.15, -0.1) is 17.5 Å². The molecule has 1 aromatic heterocycles. The van der Waals surface area contributed by atoms with Crippen LogP contribution in [-0.2, 0) is 7.05 Å². The van der Waals surface area contributed by atoms with Gasteiger partial charge in [-0.25, -0.2) is 0 Å². The number of halogens is 1. The Balaban J connectivity index is 0.00000161. The fourth-order valence-electron chi connectivity index (χ4n) is 3.86. The molecule has 2 fully saturated rings. The Morgan fingerprint density at radius 1 is 1.33 bits per heavy atom. The van der Waals surface area contributed by atoms with E-state index in [9.17, 15) is 4.79 Å². The van der Waals surface area contributed by atoms with Gasteiger partial charge >= 0.3 is 0 Å². The van der Waals surface area contributed by atoms with Gasteiger partial charge in [-0.3, -0.25) is 9.48 Å². The van der Waals surface area contributed by atoms with Gasteiger partial charge in [-0.05, 0) is 44.4 Å². The van der Waals surface area contributed by atoms with E-state index in [1.165, 1.54) is 19.3 Å². The van der Waals surface area contributed by atoms with E-state index in [4.69, 9.17) is 5.73 Å². The number of nitrogens with zero attached hydrogens (tertiary/aromatic N) is 3. The van der Waals surface area contributed by atoms with E-state index in [-0.39, 0.29) is 24.4 Å². The number of carbonyl (C=O) groups is 1. The Bertz CT molecular complexity index is 503. The Hall–Kier alpha value is -1.14. The third-order valence-corrected chi connectivity index (χ3v) is 5.00. The van der Waals surface area contributed by atoms with Gasteiger partial charge < -0.3 is 11.1 Å². The normalized spacial score (nSPS) is 31.4. The molecule has 3 rings (SSSR count). The van der Waals surface area contributed by atoms with Gasteiger partial charge in [0.25, 0.3) is 5.91 Å². The summed E-state index contributed by atoms with van der Waals surface area (Å²) in [6, 6.07) is 0.564. The molecule has 2 saturated carbocycles. The van der Waals surface area contributed by atoms with Crippen LogP contribution in [0.2, 0.25) is 0 Å². The van der Waals surface area contributed by atoms with Gasteiger partial charge in [0.2, 0.25) is 0 Å². The van der Waals surface area contributed by atoms with E-state index in [0.29, 0.717) is 23.6 Å². The number of fused-ring (bicyclic) bond motifs is 2. The molecular formula is C14H24ClN5O. The molecule has 2 bridgehead atoms. The molecule has 3 N–H and O–H groups in total. The van der Waals surface area contributed by atoms with Crippen LogP contribution in [-0.4, -0.2) is 33.0 Å². The maximum atomic E-state index is 12.4. The van der Waals surface area contributed by atoms with Crippen molar-refractivity contribution < 1.29 is 4.79 Å². The first-order valence-corrected chi connectivity index (χ1v) is 7.49. The molecule has 21 heavy (non-hydrogen) atoms. The Labute approximate surface area is 131 Å². The van der Waals surface area contributed by atoms with Crippen molar-refractivity contribution in [1.29, 1.82) is 0 Å². The molecule has 0 saturated heterocycles. The van der Waals surface area contributed by atoms with Gasteiger partial charge in [-0.1, -0.05) is 11.6 Å². The molecule has 0 radical (unpaired) electrons. The minimum Gasteiger partial charge on any atom is -0.347 e. The lowest BCUT2D eigenvalue weighted by molar-refractivity contribution is 0.0751. The van der Waals surface area contributed by atoms with E-state index in [1.807, 2.05) is 6.92 Å². The molecule has 7 heteroatoms. The summed E-state index contributed by atoms with van der Waals surface area (Å²) in [5.74, 6) is 0.963. The predicted octanol–water partition coefficient (Wildman–Crippen LogP) is 1.18. The molecule has 0 spiro atoms. The summed E-state index contributed by atoms with van der Waals surface area (Å²) in [6.45, 7) is 1.87. The zero-order valence-electron chi connectivity index (χ0n) is 12.6. The van der Waals surface area contributed by atoms with Crippen LogP contribution in [0.25, 0.3) is 0 Å². The molecular weight excluding hydrogens is 290 g/mol. The van der Waals surface area contributed by atoms with Crippen LogP contribution in [0.5, 0.6) is 0 Å². The van der Waals surface area contributed by atoms with Crippen molar-refractivity contribution in [3.63, 3.8) is 0 Å². The third kappa shape index (κ3) is 3.06. The summed E-state index contributed by atoms with van der Waals surface area (Å²) in [4.78, 5) is 12.4. The molecule has 1 aromatic rings. The number of carbonyl (C=O) groups excluding carboxylic acids is 1. The molecule has 2 unspecified atom stereocenters. The average molecular weight is 314 g/mol. The van der Waals surface area contributed by atoms with Crippen molar-refractivity contribution in [2.45, 2.75) is 51.1 Å². The second kappa shape index (κ2) is 6.32. The number of hydrogen-bond acceptors (Lipinski definition) is 4. The first-order valence-electron chi connectivity index (χ1n) is 7.49. The lowest BCUT2D eigenvalue weighted by Crippen LogP contribution is -2.53. The molecule has 0 aromatic carbocycles. The van der Waals surface area contributed by atoms with Crippen LogP contribution in [0, 0.1) is 18.8 Å². The van der Waals surface area contributed by atoms with Gasteiger partial charge in [0.15, 0.2) is 5.69 Å². The molecule has 2 atom stereocenters. The van der Waals surface area contributed by atoms with Gasteiger partial charge in [-0.2, -0.15) is 0 Å². The lowest BCUT2D eigenvalue weighted by Gasteiger charge is -2.45. The zero-order chi connectivity index (χ0) is 14.3. The second-order valence-electron chi connectivity index (χ2n) is 6.33. The van der Waals surface area contributed by atoms with Crippen molar-refractivity contribution >= 4 is 18.3 Å². The number of nitrogens with one attached hydrogen (secondary N) is 1. The SMILES string of the molecule is Cc1c(C(=O)NC2C3CCCC2CC(N)C3)nnn1C.Cl. The van der Waals surface area contributed by atoms with Crippen LogP contribution in [0.3, 0.4) is 0 Å². The van der Waals surface area contributed by atoms with Gasteiger partial charge in [0.05, 0.1) is 5.69 Å². The van der Waals surface area contributed by atoms with Crippen LogP contribution < -0.4 is 11.1 Å². The quantitative estimate of drug-likeness (QED) is 0.858. The van der Waals surface area contributed by atoms with Gasteiger partial charge in [0, 0.05) is 19.1 Å². The number of nitrogens with two attached hydrogens (primary N) is 1. The number of aromatic nitrogens is 3. The maximum absolute atomic E-state index is 12.4. The van der Waals surface area contributed by atoms with Crippen molar-refractivity contribution in [2.75, 3.05) is 0 Å². The topological polar surface area (TPSA) is 85.8 Å². The van der Waals surface area contributed by atoms with E-state index in [1.54, 1.807) is 11.7 Å². The van der Waals surface area contributed by atoms with E-state index < -0.39 is 0 Å². The summed E-state index contributed by atoms with van der Waals surface area (Å²) in [5.41, 5.74) is 7.37. The van der Waals surface area contributed by atoms with E-state index >= 15 is 0 Å². The second-order valence-corrected chi connectivity index (χ2v) is 6.33. The first-order chi connectivity index (χ1) is 9.56. The Kier molecular flexibility index (Phi) is 4.88. The molecule has 1 heterocycles. The number of rotatable bonds is 2. The molecule has 6 nitrogen and oxygen atoms in total. The fraction of sp³-hybridized carbons (Fsp3) is 0.786. The molecule has 1 amide bonds. The minimum atomic E-state index is -0.0898. The summed E-state index contributed by atoms with van der Waals surface area (Å²) in [5, 5.41) is 11.1. The smallest absolute Gasteiger partial charge is 0.273 e. The molecule has 2 aliphatic carbocycles. The number of hydrogen-bond donors (Lipinski definition) is 2. The van der Waals surface area contributed by atoms with Crippen LogP contribution >= 0.6 is 12.4 Å². The highest BCUT2D eigenvalue weighted by atomic mass is 35.5. The Morgan fingerprint density at radius 3 is 2.48 bits per heavy atom. The lowest BCUT2D eigenvalue weighted by atomic mass is 9.67. The minimum absolute atomic E-state index is 0. The average Bonchev–Trinajstić information content (AvgIpc) is 2.71. The number of amides is 1. The van der Waals surface area contributed by atoms with Crippen LogP contribution in [0.1, 0.15) is 48.3 Å². The van der Waals surface area contributed by atoms with Crippen molar-refractivity contribution in [2.24, 2.45) is 24.6 Å². The Morgan fingerprint density at radius 2 is 1.95 bits per heavy atom. The van der Waals surface area contributed by atoms with Crippen molar-refractivity contribution in [1.82, 2.24) is 20.3 Å². The monoisotopic (exact) mass is 313 g/mol. The molecule has 2 aliphatic rings. The van der Waals surface area contributed by atoms with Crippen molar-refractivity contribution in [3.05, 3.63) is 11.4 Å². The van der Waals surface area contributed by atoms with Gasteiger partial charge in [0.1, 0.15) is 0 Å². The maximum Gasteiger partial charge on any atom is 0.273 e. The fourth-order valence-corrected chi connectivity index (χ4v) is 3.86. The summed E-state index contributed by atoms with van der Waals surface area (Å²) in [7, 11) is 1.80. The van der Waals surface area contributed by atoms with Crippen molar-refractivity contribution in [3.8, 4) is 0 Å².